The van der Waals surface area contributed by atoms with Gasteiger partial charge in [-0.05, 0) is 23.6 Å². The van der Waals surface area contributed by atoms with Gasteiger partial charge in [0.25, 0.3) is 0 Å². The van der Waals surface area contributed by atoms with Crippen molar-refractivity contribution in [2.75, 3.05) is 7.11 Å². The molecule has 0 bridgehead atoms. The molecule has 1 aromatic carbocycles. The predicted octanol–water partition coefficient (Wildman–Crippen LogP) is 3.46. The summed E-state index contributed by atoms with van der Waals surface area (Å²) < 4.78 is 10.4. The molecule has 4 nitrogen and oxygen atoms in total. The number of rotatable bonds is 3. The van der Waals surface area contributed by atoms with Gasteiger partial charge in [0, 0.05) is 11.1 Å². The van der Waals surface area contributed by atoms with Crippen LogP contribution in [0.1, 0.15) is 36.9 Å². The summed E-state index contributed by atoms with van der Waals surface area (Å²) in [6.45, 7) is 6.33. The Morgan fingerprint density at radius 3 is 2.63 bits per heavy atom. The topological polar surface area (TPSA) is 52.3 Å². The van der Waals surface area contributed by atoms with Gasteiger partial charge in [0.05, 0.1) is 7.11 Å². The Kier molecular flexibility index (Phi) is 3.42. The number of nitrogens with zero attached hydrogens (tertiary/aromatic N) is 1. The minimum absolute atomic E-state index is 0.0631. The van der Waals surface area contributed by atoms with Crippen molar-refractivity contribution in [2.45, 2.75) is 26.2 Å². The zero-order chi connectivity index (χ0) is 14.0. The van der Waals surface area contributed by atoms with Crippen molar-refractivity contribution in [3.05, 3.63) is 35.9 Å². The highest BCUT2D eigenvalue weighted by molar-refractivity contribution is 5.82. The first kappa shape index (κ1) is 13.3. The van der Waals surface area contributed by atoms with Crippen molar-refractivity contribution >= 4 is 6.29 Å². The Bertz CT molecular complexity index is 594. The van der Waals surface area contributed by atoms with Crippen molar-refractivity contribution in [3.8, 4) is 17.0 Å². The van der Waals surface area contributed by atoms with E-state index < -0.39 is 0 Å². The number of aromatic nitrogens is 1. The molecule has 4 heteroatoms. The van der Waals surface area contributed by atoms with Crippen LogP contribution in [0.5, 0.6) is 5.75 Å². The van der Waals surface area contributed by atoms with Crippen molar-refractivity contribution in [1.82, 2.24) is 4.98 Å². The standard InChI is InChI=1S/C15H17NO3/c1-15(2,3)11-7-10(5-6-12(11)18-4)14-13(8-17)19-9-16-14/h5-9H,1-4H3. The fourth-order valence-electron chi connectivity index (χ4n) is 2.00. The maximum atomic E-state index is 10.9. The molecule has 2 rings (SSSR count). The van der Waals surface area contributed by atoms with Crippen LogP contribution in [-0.4, -0.2) is 18.4 Å². The van der Waals surface area contributed by atoms with E-state index in [1.54, 1.807) is 7.11 Å². The van der Waals surface area contributed by atoms with Crippen LogP contribution in [0.15, 0.2) is 29.0 Å². The number of carbonyl (C=O) groups excluding carboxylic acids is 1. The molecule has 1 heterocycles. The summed E-state index contributed by atoms with van der Waals surface area (Å²) in [5, 5.41) is 0. The maximum absolute atomic E-state index is 10.9. The first-order valence-electron chi connectivity index (χ1n) is 6.05. The second-order valence-electron chi connectivity index (χ2n) is 5.35. The van der Waals surface area contributed by atoms with E-state index >= 15 is 0 Å². The summed E-state index contributed by atoms with van der Waals surface area (Å²) in [4.78, 5) is 15.0. The molecule has 0 spiro atoms. The fraction of sp³-hybridized carbons (Fsp3) is 0.333. The molecule has 1 aromatic heterocycles. The molecule has 0 aliphatic heterocycles. The number of hydrogen-bond donors (Lipinski definition) is 0. The predicted molar refractivity (Wildman–Crippen MR) is 72.6 cm³/mol. The fourth-order valence-corrected chi connectivity index (χ4v) is 2.00. The largest absolute Gasteiger partial charge is 0.496 e. The number of aldehydes is 1. The average molecular weight is 259 g/mol. The molecule has 0 atom stereocenters. The third kappa shape index (κ3) is 2.52. The van der Waals surface area contributed by atoms with E-state index in [2.05, 4.69) is 25.8 Å². The van der Waals surface area contributed by atoms with Crippen LogP contribution in [0, 0.1) is 0 Å². The van der Waals surface area contributed by atoms with Gasteiger partial charge in [0.2, 0.25) is 0 Å². The molecule has 19 heavy (non-hydrogen) atoms. The second kappa shape index (κ2) is 4.88. The Morgan fingerprint density at radius 1 is 1.32 bits per heavy atom. The quantitative estimate of drug-likeness (QED) is 0.792. The highest BCUT2D eigenvalue weighted by atomic mass is 16.5. The van der Waals surface area contributed by atoms with Gasteiger partial charge >= 0.3 is 0 Å². The van der Waals surface area contributed by atoms with Gasteiger partial charge in [-0.2, -0.15) is 0 Å². The molecular weight excluding hydrogens is 242 g/mol. The minimum Gasteiger partial charge on any atom is -0.496 e. The van der Waals surface area contributed by atoms with Crippen LogP contribution in [0.4, 0.5) is 0 Å². The van der Waals surface area contributed by atoms with Crippen molar-refractivity contribution < 1.29 is 13.9 Å². The van der Waals surface area contributed by atoms with E-state index in [0.717, 1.165) is 16.9 Å². The van der Waals surface area contributed by atoms with Gasteiger partial charge in [-0.3, -0.25) is 4.79 Å². The van der Waals surface area contributed by atoms with Crippen LogP contribution < -0.4 is 4.74 Å². The average Bonchev–Trinajstić information content (AvgIpc) is 2.85. The highest BCUT2D eigenvalue weighted by Gasteiger charge is 2.21. The third-order valence-electron chi connectivity index (χ3n) is 2.98. The normalized spacial score (nSPS) is 11.4. The van der Waals surface area contributed by atoms with E-state index in [0.29, 0.717) is 12.0 Å². The molecule has 0 saturated carbocycles. The second-order valence-corrected chi connectivity index (χ2v) is 5.35. The van der Waals surface area contributed by atoms with E-state index in [4.69, 9.17) is 9.15 Å². The number of methoxy groups -OCH3 is 1. The summed E-state index contributed by atoms with van der Waals surface area (Å²) in [7, 11) is 1.65. The van der Waals surface area contributed by atoms with Gasteiger partial charge < -0.3 is 9.15 Å². The molecule has 0 aliphatic carbocycles. The first-order valence-corrected chi connectivity index (χ1v) is 6.05. The Labute approximate surface area is 112 Å². The van der Waals surface area contributed by atoms with E-state index in [-0.39, 0.29) is 11.2 Å². The summed E-state index contributed by atoms with van der Waals surface area (Å²) in [5.41, 5.74) is 2.41. The van der Waals surface area contributed by atoms with Crippen LogP contribution in [-0.2, 0) is 5.41 Å². The molecule has 0 N–H and O–H groups in total. The summed E-state index contributed by atoms with van der Waals surface area (Å²) in [5.74, 6) is 1.07. The molecule has 0 fully saturated rings. The Morgan fingerprint density at radius 2 is 2.05 bits per heavy atom. The lowest BCUT2D eigenvalue weighted by molar-refractivity contribution is 0.110. The van der Waals surface area contributed by atoms with Crippen LogP contribution >= 0.6 is 0 Å². The monoisotopic (exact) mass is 259 g/mol. The van der Waals surface area contributed by atoms with Crippen LogP contribution in [0.2, 0.25) is 0 Å². The van der Waals surface area contributed by atoms with Crippen molar-refractivity contribution in [3.63, 3.8) is 0 Å². The zero-order valence-electron chi connectivity index (χ0n) is 11.6. The first-order chi connectivity index (χ1) is 8.97. The van der Waals surface area contributed by atoms with Gasteiger partial charge in [-0.15, -0.1) is 0 Å². The highest BCUT2D eigenvalue weighted by Crippen LogP contribution is 2.35. The van der Waals surface area contributed by atoms with Gasteiger partial charge in [0.15, 0.2) is 18.4 Å². The number of hydrogen-bond acceptors (Lipinski definition) is 4. The lowest BCUT2D eigenvalue weighted by Gasteiger charge is -2.22. The van der Waals surface area contributed by atoms with Crippen LogP contribution in [0.3, 0.4) is 0 Å². The van der Waals surface area contributed by atoms with Crippen molar-refractivity contribution in [2.24, 2.45) is 0 Å². The van der Waals surface area contributed by atoms with Gasteiger partial charge in [0.1, 0.15) is 11.4 Å². The summed E-state index contributed by atoms with van der Waals surface area (Å²) >= 11 is 0. The van der Waals surface area contributed by atoms with E-state index in [1.807, 2.05) is 18.2 Å². The lowest BCUT2D eigenvalue weighted by atomic mass is 9.85. The summed E-state index contributed by atoms with van der Waals surface area (Å²) in [6, 6.07) is 5.75. The SMILES string of the molecule is COc1ccc(-c2ncoc2C=O)cc1C(C)(C)C. The van der Waals surface area contributed by atoms with Crippen molar-refractivity contribution in [1.29, 1.82) is 0 Å². The third-order valence-corrected chi connectivity index (χ3v) is 2.98. The van der Waals surface area contributed by atoms with Crippen LogP contribution in [0.25, 0.3) is 11.3 Å². The maximum Gasteiger partial charge on any atom is 0.194 e. The smallest absolute Gasteiger partial charge is 0.194 e. The molecule has 0 saturated heterocycles. The minimum atomic E-state index is -0.0631. The Hall–Kier alpha value is -2.10. The lowest BCUT2D eigenvalue weighted by Crippen LogP contribution is -2.13. The van der Waals surface area contributed by atoms with E-state index in [9.17, 15) is 4.79 Å². The van der Waals surface area contributed by atoms with E-state index in [1.165, 1.54) is 6.39 Å². The molecule has 2 aromatic rings. The molecule has 0 unspecified atom stereocenters. The summed E-state index contributed by atoms with van der Waals surface area (Å²) in [6.07, 6.45) is 1.95. The molecule has 0 amide bonds. The molecule has 0 radical (unpaired) electrons. The number of ether oxygens (including phenoxy) is 1. The number of oxazole rings is 1. The number of carbonyl (C=O) groups is 1. The van der Waals surface area contributed by atoms with Gasteiger partial charge in [-0.25, -0.2) is 4.98 Å². The molecule has 100 valence electrons. The molecular formula is C15H17NO3. The molecule has 0 aliphatic rings. The number of benzene rings is 1. The zero-order valence-corrected chi connectivity index (χ0v) is 11.6. The Balaban J connectivity index is 2.58. The van der Waals surface area contributed by atoms with Gasteiger partial charge in [-0.1, -0.05) is 20.8 Å².